The highest BCUT2D eigenvalue weighted by molar-refractivity contribution is 6.72. The predicted molar refractivity (Wildman–Crippen MR) is 133 cm³/mol. The Kier molecular flexibility index (Phi) is 8.87. The highest BCUT2D eigenvalue weighted by Crippen LogP contribution is 2.43. The van der Waals surface area contributed by atoms with Gasteiger partial charge in [0.05, 0.1) is 12.5 Å². The molecule has 1 aromatic carbocycles. The molecule has 1 aliphatic heterocycles. The van der Waals surface area contributed by atoms with Gasteiger partial charge in [0, 0.05) is 12.0 Å². The summed E-state index contributed by atoms with van der Waals surface area (Å²) in [6.07, 6.45) is 4.87. The van der Waals surface area contributed by atoms with Gasteiger partial charge in [0.2, 0.25) is 0 Å². The molecule has 0 saturated carbocycles. The van der Waals surface area contributed by atoms with E-state index in [1.54, 1.807) is 0 Å². The molecule has 6 heteroatoms. The van der Waals surface area contributed by atoms with E-state index in [0.717, 1.165) is 38.0 Å². The Balaban J connectivity index is 1.77. The number of methoxy groups -OCH3 is 1. The molecule has 0 spiro atoms. The first kappa shape index (κ1) is 26.7. The first-order valence-electron chi connectivity index (χ1n) is 11.9. The van der Waals surface area contributed by atoms with Crippen molar-refractivity contribution in [2.75, 3.05) is 26.7 Å². The van der Waals surface area contributed by atoms with Crippen LogP contribution in [0.4, 0.5) is 0 Å². The second kappa shape index (κ2) is 10.6. The second-order valence-electron chi connectivity index (χ2n) is 11.2. The fraction of sp³-hybridized carbons (Fsp3) is 0.692. The summed E-state index contributed by atoms with van der Waals surface area (Å²) in [7, 11) is -0.756. The van der Waals surface area contributed by atoms with E-state index in [0.29, 0.717) is 17.9 Å². The number of Topliss-reactive ketones (excluding diaryl/α,β-unsaturated/α-hetero) is 1. The fourth-order valence-electron chi connectivity index (χ4n) is 4.44. The molecule has 0 bridgehead atoms. The summed E-state index contributed by atoms with van der Waals surface area (Å²) >= 11 is 0. The molecule has 1 fully saturated rings. The van der Waals surface area contributed by atoms with Gasteiger partial charge in [-0.2, -0.15) is 0 Å². The number of piperidine rings is 1. The molecule has 5 nitrogen and oxygen atoms in total. The number of ketones is 1. The Labute approximate surface area is 195 Å². The van der Waals surface area contributed by atoms with Crippen molar-refractivity contribution in [3.05, 3.63) is 35.4 Å². The first-order chi connectivity index (χ1) is 14.8. The van der Waals surface area contributed by atoms with E-state index in [-0.39, 0.29) is 16.8 Å². The lowest BCUT2D eigenvalue weighted by molar-refractivity contribution is -0.146. The van der Waals surface area contributed by atoms with E-state index < -0.39 is 13.7 Å². The summed E-state index contributed by atoms with van der Waals surface area (Å²) in [5.74, 6) is 0.555. The molecule has 0 aliphatic carbocycles. The first-order valence-corrected chi connectivity index (χ1v) is 14.9. The van der Waals surface area contributed by atoms with E-state index in [2.05, 4.69) is 18.7 Å². The molecule has 1 saturated heterocycles. The van der Waals surface area contributed by atoms with E-state index >= 15 is 0 Å². The lowest BCUT2D eigenvalue weighted by Gasteiger charge is -2.40. The molecule has 32 heavy (non-hydrogen) atoms. The number of nitrogens with zero attached hydrogens (tertiary/aromatic N) is 1. The highest BCUT2D eigenvalue weighted by atomic mass is 28.4. The average molecular weight is 462 g/mol. The van der Waals surface area contributed by atoms with Crippen LogP contribution in [-0.4, -0.2) is 56.5 Å². The second-order valence-corrected chi connectivity index (χ2v) is 15.6. The zero-order valence-corrected chi connectivity index (χ0v) is 22.2. The van der Waals surface area contributed by atoms with E-state index in [9.17, 15) is 14.4 Å². The molecule has 1 aliphatic rings. The summed E-state index contributed by atoms with van der Waals surface area (Å²) in [4.78, 5) is 37.6. The zero-order valence-electron chi connectivity index (χ0n) is 21.2. The van der Waals surface area contributed by atoms with Crippen molar-refractivity contribution >= 4 is 20.1 Å². The number of rotatable bonds is 10. The molecule has 0 unspecified atom stereocenters. The van der Waals surface area contributed by atoms with E-state index in [4.69, 9.17) is 4.74 Å². The van der Waals surface area contributed by atoms with Crippen molar-refractivity contribution in [2.24, 2.45) is 5.92 Å². The third kappa shape index (κ3) is 6.75. The highest BCUT2D eigenvalue weighted by Gasteiger charge is 2.40. The van der Waals surface area contributed by atoms with Crippen LogP contribution in [0.25, 0.3) is 0 Å². The predicted octanol–water partition coefficient (Wildman–Crippen LogP) is 5.18. The number of hydrogen-bond acceptors (Lipinski definition) is 5. The molecule has 1 heterocycles. The summed E-state index contributed by atoms with van der Waals surface area (Å²) < 4.78 is 4.88. The number of carbonyl (C=O) groups excluding carboxylic acids is 2. The van der Waals surface area contributed by atoms with Crippen molar-refractivity contribution < 1.29 is 19.1 Å². The third-order valence-electron chi connectivity index (χ3n) is 7.66. The zero-order chi connectivity index (χ0) is 24.2. The standard InChI is InChI=1S/C26H43NO4Si/c1-25(2,32(6,7)30)19-20-14-17-27(18-15-20)16-8-9-23(28)21-10-12-22(13-11-21)26(3,4)24(29)31-5/h10-13,20,30H,8-9,14-19H2,1-7H3. The number of carbonyl (C=O) groups is 2. The maximum Gasteiger partial charge on any atom is 0.315 e. The van der Waals surface area contributed by atoms with Gasteiger partial charge in [-0.05, 0) is 88.8 Å². The molecule has 180 valence electrons. The Hall–Kier alpha value is -1.50. The van der Waals surface area contributed by atoms with Crippen LogP contribution < -0.4 is 0 Å². The Morgan fingerprint density at radius 3 is 2.16 bits per heavy atom. The van der Waals surface area contributed by atoms with Crippen LogP contribution in [0.5, 0.6) is 0 Å². The van der Waals surface area contributed by atoms with Gasteiger partial charge in [-0.25, -0.2) is 0 Å². The van der Waals surface area contributed by atoms with Crippen LogP contribution >= 0.6 is 0 Å². The van der Waals surface area contributed by atoms with Crippen LogP contribution in [0, 0.1) is 5.92 Å². The average Bonchev–Trinajstić information content (AvgIpc) is 2.73. The molecule has 1 N–H and O–H groups in total. The van der Waals surface area contributed by atoms with Crippen molar-refractivity contribution in [3.63, 3.8) is 0 Å². The minimum absolute atomic E-state index is 0.0495. The summed E-state index contributed by atoms with van der Waals surface area (Å²) in [5, 5.41) is 0.0495. The Morgan fingerprint density at radius 1 is 1.09 bits per heavy atom. The van der Waals surface area contributed by atoms with Gasteiger partial charge in [0.1, 0.15) is 0 Å². The Bertz CT molecular complexity index is 772. The van der Waals surface area contributed by atoms with Crippen LogP contribution in [0.15, 0.2) is 24.3 Å². The SMILES string of the molecule is COC(=O)C(C)(C)c1ccc(C(=O)CCCN2CCC(CC(C)(C)[Si](C)(C)O)CC2)cc1. The van der Waals surface area contributed by atoms with Gasteiger partial charge >= 0.3 is 5.97 Å². The van der Waals surface area contributed by atoms with Crippen molar-refractivity contribution in [1.29, 1.82) is 0 Å². The molecular weight excluding hydrogens is 418 g/mol. The molecule has 0 amide bonds. The minimum atomic E-state index is -2.15. The van der Waals surface area contributed by atoms with Crippen LogP contribution in [-0.2, 0) is 14.9 Å². The van der Waals surface area contributed by atoms with Gasteiger partial charge in [-0.15, -0.1) is 0 Å². The molecular formula is C26H43NO4Si. The van der Waals surface area contributed by atoms with E-state index in [1.165, 1.54) is 20.0 Å². The maximum atomic E-state index is 12.6. The van der Waals surface area contributed by atoms with Crippen LogP contribution in [0.1, 0.15) is 75.7 Å². The summed E-state index contributed by atoms with van der Waals surface area (Å²) in [6.45, 7) is 15.3. The molecule has 1 aromatic rings. The normalized spacial score (nSPS) is 16.8. The smallest absolute Gasteiger partial charge is 0.315 e. The van der Waals surface area contributed by atoms with Crippen LogP contribution in [0.3, 0.4) is 0 Å². The monoisotopic (exact) mass is 461 g/mol. The van der Waals surface area contributed by atoms with Gasteiger partial charge in [0.15, 0.2) is 14.1 Å². The van der Waals surface area contributed by atoms with Gasteiger partial charge in [-0.3, -0.25) is 9.59 Å². The number of hydrogen-bond donors (Lipinski definition) is 1. The number of likely N-dealkylation sites (tertiary alicyclic amines) is 1. The topological polar surface area (TPSA) is 66.8 Å². The van der Waals surface area contributed by atoms with Crippen molar-refractivity contribution in [1.82, 2.24) is 4.90 Å². The number of ether oxygens (including phenoxy) is 1. The number of benzene rings is 1. The fourth-order valence-corrected chi connectivity index (χ4v) is 5.23. The lowest BCUT2D eigenvalue weighted by atomic mass is 9.84. The molecule has 2 rings (SSSR count). The van der Waals surface area contributed by atoms with E-state index in [1.807, 2.05) is 51.2 Å². The minimum Gasteiger partial charge on any atom is -0.468 e. The summed E-state index contributed by atoms with van der Waals surface area (Å²) in [6, 6.07) is 7.35. The van der Waals surface area contributed by atoms with Gasteiger partial charge in [0.25, 0.3) is 0 Å². The van der Waals surface area contributed by atoms with Gasteiger partial charge < -0.3 is 14.4 Å². The number of esters is 1. The Morgan fingerprint density at radius 2 is 1.66 bits per heavy atom. The third-order valence-corrected chi connectivity index (χ3v) is 11.2. The lowest BCUT2D eigenvalue weighted by Crippen LogP contribution is -2.42. The molecule has 0 aromatic heterocycles. The molecule has 0 radical (unpaired) electrons. The van der Waals surface area contributed by atoms with Crippen LogP contribution in [0.2, 0.25) is 18.1 Å². The molecule has 0 atom stereocenters. The van der Waals surface area contributed by atoms with Crippen molar-refractivity contribution in [2.45, 2.75) is 83.3 Å². The van der Waals surface area contributed by atoms with Crippen molar-refractivity contribution in [3.8, 4) is 0 Å². The quantitative estimate of drug-likeness (QED) is 0.295. The van der Waals surface area contributed by atoms with Gasteiger partial charge in [-0.1, -0.05) is 38.1 Å². The summed E-state index contributed by atoms with van der Waals surface area (Å²) in [5.41, 5.74) is 0.817. The largest absolute Gasteiger partial charge is 0.468 e. The maximum absolute atomic E-state index is 12.6.